The van der Waals surface area contributed by atoms with E-state index in [0.717, 1.165) is 15.6 Å². The van der Waals surface area contributed by atoms with Gasteiger partial charge in [0.15, 0.2) is 0 Å². The number of benzene rings is 2. The molecule has 136 valence electrons. The third-order valence-electron chi connectivity index (χ3n) is 3.48. The molecule has 0 aromatic heterocycles. The molecule has 25 heavy (non-hydrogen) atoms. The highest BCUT2D eigenvalue weighted by Crippen LogP contribution is 2.50. The second-order valence-electron chi connectivity index (χ2n) is 6.30. The Labute approximate surface area is 163 Å². The fourth-order valence-corrected chi connectivity index (χ4v) is 3.54. The number of ether oxygens (including phenoxy) is 1. The molecule has 4 nitrogen and oxygen atoms in total. The first kappa shape index (κ1) is 20.6. The molecule has 0 radical (unpaired) electrons. The average Bonchev–Trinajstić information content (AvgIpc) is 2.65. The Morgan fingerprint density at radius 2 is 1.32 bits per heavy atom. The first-order valence-electron chi connectivity index (χ1n) is 8.08. The Hall–Kier alpha value is -0.720. The minimum absolute atomic E-state index is 0.0668. The second kappa shape index (κ2) is 9.83. The molecule has 0 atom stereocenters. The summed E-state index contributed by atoms with van der Waals surface area (Å²) >= 11 is 2.25. The zero-order chi connectivity index (χ0) is 18.2. The molecule has 0 amide bonds. The predicted molar refractivity (Wildman–Crippen MR) is 109 cm³/mol. The summed E-state index contributed by atoms with van der Waals surface area (Å²) in [5.74, 6) is 0. The molecule has 0 aliphatic heterocycles. The van der Waals surface area contributed by atoms with Crippen molar-refractivity contribution in [3.8, 4) is 0 Å². The van der Waals surface area contributed by atoms with Gasteiger partial charge in [-0.25, -0.2) is 0 Å². The van der Waals surface area contributed by atoms with Crippen LogP contribution in [0.3, 0.4) is 0 Å². The lowest BCUT2D eigenvalue weighted by molar-refractivity contribution is 0.0161. The maximum absolute atomic E-state index is 13.2. The highest BCUT2D eigenvalue weighted by atomic mass is 127. The number of alkyl halides is 1. The van der Waals surface area contributed by atoms with Gasteiger partial charge in [-0.05, 0) is 25.0 Å². The van der Waals surface area contributed by atoms with E-state index in [1.807, 2.05) is 74.5 Å². The van der Waals surface area contributed by atoms with Gasteiger partial charge in [0.05, 0.1) is 18.8 Å². The number of rotatable bonds is 10. The topological polar surface area (TPSA) is 44.8 Å². The van der Waals surface area contributed by atoms with Crippen molar-refractivity contribution in [2.75, 3.05) is 10.8 Å². The van der Waals surface area contributed by atoms with E-state index in [1.54, 1.807) is 0 Å². The van der Waals surface area contributed by atoms with Gasteiger partial charge in [-0.1, -0.05) is 83.3 Å². The van der Waals surface area contributed by atoms with Crippen molar-refractivity contribution in [1.82, 2.24) is 0 Å². The molecule has 2 rings (SSSR count). The van der Waals surface area contributed by atoms with Crippen LogP contribution >= 0.6 is 30.2 Å². The van der Waals surface area contributed by atoms with Crippen molar-refractivity contribution in [2.24, 2.45) is 0 Å². The molecule has 6 heteroatoms. The molecule has 0 unspecified atom stereocenters. The zero-order valence-electron chi connectivity index (χ0n) is 14.6. The molecule has 0 N–H and O–H groups in total. The van der Waals surface area contributed by atoms with Crippen LogP contribution in [0.5, 0.6) is 0 Å². The summed E-state index contributed by atoms with van der Waals surface area (Å²) in [4.78, 5) is 0. The van der Waals surface area contributed by atoms with Crippen molar-refractivity contribution >= 4 is 30.2 Å². The van der Waals surface area contributed by atoms with Crippen molar-refractivity contribution in [3.63, 3.8) is 0 Å². The molecule has 0 aliphatic rings. The lowest BCUT2D eigenvalue weighted by Crippen LogP contribution is -2.27. The predicted octanol–water partition coefficient (Wildman–Crippen LogP) is 5.80. The SMILES string of the molecule is CC(C)(CI)OCP(=O)(OCc1ccccc1)OCc1ccccc1. The van der Waals surface area contributed by atoms with Crippen molar-refractivity contribution in [3.05, 3.63) is 71.8 Å². The molecule has 0 spiro atoms. The summed E-state index contributed by atoms with van der Waals surface area (Å²) in [7, 11) is -3.39. The van der Waals surface area contributed by atoms with E-state index in [2.05, 4.69) is 22.6 Å². The van der Waals surface area contributed by atoms with Gasteiger partial charge in [-0.15, -0.1) is 0 Å². The van der Waals surface area contributed by atoms with Gasteiger partial charge in [0.2, 0.25) is 0 Å². The molecule has 0 saturated carbocycles. The average molecular weight is 474 g/mol. The van der Waals surface area contributed by atoms with Gasteiger partial charge in [0.1, 0.15) is 6.35 Å². The highest BCUT2D eigenvalue weighted by molar-refractivity contribution is 14.1. The summed E-state index contributed by atoms with van der Waals surface area (Å²) in [6.07, 6.45) is -0.0668. The summed E-state index contributed by atoms with van der Waals surface area (Å²) in [5, 5.41) is 0. The second-order valence-corrected chi connectivity index (χ2v) is 9.05. The van der Waals surface area contributed by atoms with E-state index in [1.165, 1.54) is 0 Å². The maximum atomic E-state index is 13.2. The lowest BCUT2D eigenvalue weighted by atomic mass is 10.2. The highest BCUT2D eigenvalue weighted by Gasteiger charge is 2.29. The van der Waals surface area contributed by atoms with Crippen LogP contribution in [-0.2, 0) is 31.6 Å². The largest absolute Gasteiger partial charge is 0.362 e. The third-order valence-corrected chi connectivity index (χ3v) is 6.80. The van der Waals surface area contributed by atoms with Crippen LogP contribution in [-0.4, -0.2) is 16.4 Å². The van der Waals surface area contributed by atoms with E-state index in [9.17, 15) is 4.57 Å². The summed E-state index contributed by atoms with van der Waals surface area (Å²) in [6.45, 7) is 4.36. The van der Waals surface area contributed by atoms with Crippen LogP contribution in [0.2, 0.25) is 0 Å². The zero-order valence-corrected chi connectivity index (χ0v) is 17.6. The fraction of sp³-hybridized carbons (Fsp3) is 0.368. The minimum Gasteiger partial charge on any atom is -0.362 e. The van der Waals surface area contributed by atoms with Crippen molar-refractivity contribution in [2.45, 2.75) is 32.7 Å². The number of hydrogen-bond donors (Lipinski definition) is 0. The van der Waals surface area contributed by atoms with Crippen LogP contribution in [0.4, 0.5) is 0 Å². The number of hydrogen-bond acceptors (Lipinski definition) is 4. The van der Waals surface area contributed by atoms with Gasteiger partial charge in [-0.3, -0.25) is 4.57 Å². The van der Waals surface area contributed by atoms with Crippen LogP contribution in [0.25, 0.3) is 0 Å². The monoisotopic (exact) mass is 474 g/mol. The molecule has 0 bridgehead atoms. The maximum Gasteiger partial charge on any atom is 0.356 e. The quantitative estimate of drug-likeness (QED) is 0.248. The Kier molecular flexibility index (Phi) is 8.10. The minimum atomic E-state index is -3.39. The molecule has 0 saturated heterocycles. The van der Waals surface area contributed by atoms with Crippen molar-refractivity contribution < 1.29 is 18.3 Å². The fourth-order valence-electron chi connectivity index (χ4n) is 1.90. The number of halogens is 1. The Bertz CT molecular complexity index is 629. The summed E-state index contributed by atoms with van der Waals surface area (Å²) in [5.41, 5.74) is 1.50. The van der Waals surface area contributed by atoms with Gasteiger partial charge in [-0.2, -0.15) is 0 Å². The van der Waals surface area contributed by atoms with Gasteiger partial charge < -0.3 is 13.8 Å². The lowest BCUT2D eigenvalue weighted by Gasteiger charge is -2.26. The van der Waals surface area contributed by atoms with Crippen molar-refractivity contribution in [1.29, 1.82) is 0 Å². The van der Waals surface area contributed by atoms with Gasteiger partial charge in [0.25, 0.3) is 0 Å². The van der Waals surface area contributed by atoms with E-state index < -0.39 is 7.60 Å². The molecule has 2 aromatic carbocycles. The Balaban J connectivity index is 2.02. The Morgan fingerprint density at radius 1 is 0.880 bits per heavy atom. The molecule has 0 fully saturated rings. The molecular formula is C19H24IO4P. The van der Waals surface area contributed by atoms with Crippen LogP contribution in [0, 0.1) is 0 Å². The van der Waals surface area contributed by atoms with E-state index >= 15 is 0 Å². The molecular weight excluding hydrogens is 450 g/mol. The normalized spacial score (nSPS) is 12.3. The summed E-state index contributed by atoms with van der Waals surface area (Å²) < 4.78 is 31.1. The van der Waals surface area contributed by atoms with Gasteiger partial charge in [0, 0.05) is 4.43 Å². The Morgan fingerprint density at radius 3 is 1.72 bits per heavy atom. The standard InChI is InChI=1S/C19H24IO4P/c1-19(2,15-20)22-16-25(21,23-13-17-9-5-3-6-10-17)24-14-18-11-7-4-8-12-18/h3-12H,13-16H2,1-2H3. The summed E-state index contributed by atoms with van der Waals surface area (Å²) in [6, 6.07) is 19.3. The third kappa shape index (κ3) is 7.59. The van der Waals surface area contributed by atoms with Crippen LogP contribution in [0.15, 0.2) is 60.7 Å². The van der Waals surface area contributed by atoms with E-state index in [4.69, 9.17) is 13.8 Å². The molecule has 0 heterocycles. The molecule has 2 aromatic rings. The van der Waals surface area contributed by atoms with Crippen LogP contribution < -0.4 is 0 Å². The smallest absolute Gasteiger partial charge is 0.356 e. The molecule has 0 aliphatic carbocycles. The van der Waals surface area contributed by atoms with Crippen LogP contribution in [0.1, 0.15) is 25.0 Å². The van der Waals surface area contributed by atoms with Gasteiger partial charge >= 0.3 is 7.60 Å². The first-order valence-corrected chi connectivity index (χ1v) is 11.3. The van der Waals surface area contributed by atoms with E-state index in [0.29, 0.717) is 0 Å². The first-order chi connectivity index (χ1) is 11.9. The van der Waals surface area contributed by atoms with E-state index in [-0.39, 0.29) is 25.2 Å².